The number of ether oxygens (including phenoxy) is 1. The second-order valence-corrected chi connectivity index (χ2v) is 8.24. The SMILES string of the molecule is CC=CCC1CCC(c2ccc(-c3ccc(COCC=CCC)cc3)cc2)CC1. The van der Waals surface area contributed by atoms with Gasteiger partial charge in [0.1, 0.15) is 0 Å². The van der Waals surface area contributed by atoms with Crippen molar-refractivity contribution in [3.63, 3.8) is 0 Å². The van der Waals surface area contributed by atoms with E-state index in [9.17, 15) is 0 Å². The first-order chi connectivity index (χ1) is 14.3. The summed E-state index contributed by atoms with van der Waals surface area (Å²) in [6.07, 6.45) is 16.5. The molecule has 1 heteroatoms. The van der Waals surface area contributed by atoms with Crippen LogP contribution in [-0.4, -0.2) is 6.61 Å². The van der Waals surface area contributed by atoms with E-state index < -0.39 is 0 Å². The van der Waals surface area contributed by atoms with Crippen LogP contribution >= 0.6 is 0 Å². The highest BCUT2D eigenvalue weighted by Gasteiger charge is 2.21. The van der Waals surface area contributed by atoms with Crippen molar-refractivity contribution in [1.82, 2.24) is 0 Å². The molecule has 0 aliphatic heterocycles. The Morgan fingerprint density at radius 1 is 0.828 bits per heavy atom. The van der Waals surface area contributed by atoms with Crippen LogP contribution in [0.4, 0.5) is 0 Å². The van der Waals surface area contributed by atoms with Crippen LogP contribution in [0.5, 0.6) is 0 Å². The third-order valence-corrected chi connectivity index (χ3v) is 6.11. The van der Waals surface area contributed by atoms with Gasteiger partial charge < -0.3 is 4.74 Å². The molecule has 0 heterocycles. The maximum atomic E-state index is 5.69. The minimum atomic E-state index is 0.671. The van der Waals surface area contributed by atoms with Crippen LogP contribution in [0.15, 0.2) is 72.8 Å². The van der Waals surface area contributed by atoms with Crippen molar-refractivity contribution >= 4 is 0 Å². The summed E-state index contributed by atoms with van der Waals surface area (Å²) >= 11 is 0. The Balaban J connectivity index is 1.51. The third kappa shape index (κ3) is 6.72. The largest absolute Gasteiger partial charge is 0.373 e. The predicted octanol–water partition coefficient (Wildman–Crippen LogP) is 8.08. The first-order valence-electron chi connectivity index (χ1n) is 11.3. The summed E-state index contributed by atoms with van der Waals surface area (Å²) in [5.74, 6) is 1.64. The third-order valence-electron chi connectivity index (χ3n) is 6.11. The summed E-state index contributed by atoms with van der Waals surface area (Å²) in [7, 11) is 0. The molecule has 0 aromatic heterocycles. The maximum absolute atomic E-state index is 5.69. The molecular weight excluding hydrogens is 352 g/mol. The summed E-state index contributed by atoms with van der Waals surface area (Å²) in [6.45, 7) is 5.62. The molecule has 3 rings (SSSR count). The average molecular weight is 389 g/mol. The standard InChI is InChI=1S/C28H36O/c1-3-5-7-21-29-22-24-11-15-26(16-12-24)28-19-17-27(18-20-28)25-13-9-23(10-14-25)8-6-4-2/h4-7,11-12,15-20,23,25H,3,8-10,13-14,21-22H2,1-2H3. The Kier molecular flexibility index (Phi) is 8.77. The number of rotatable bonds is 9. The van der Waals surface area contributed by atoms with E-state index in [4.69, 9.17) is 4.74 Å². The first-order valence-corrected chi connectivity index (χ1v) is 11.3. The van der Waals surface area contributed by atoms with E-state index in [1.807, 2.05) is 0 Å². The van der Waals surface area contributed by atoms with Gasteiger partial charge in [0.15, 0.2) is 0 Å². The van der Waals surface area contributed by atoms with Crippen LogP contribution in [0.3, 0.4) is 0 Å². The van der Waals surface area contributed by atoms with Gasteiger partial charge in [-0.1, -0.05) is 79.8 Å². The Bertz CT molecular complexity index is 759. The Hall–Kier alpha value is -2.12. The average Bonchev–Trinajstić information content (AvgIpc) is 2.78. The van der Waals surface area contributed by atoms with Gasteiger partial charge in [-0.2, -0.15) is 0 Å². The van der Waals surface area contributed by atoms with Gasteiger partial charge in [0.2, 0.25) is 0 Å². The van der Waals surface area contributed by atoms with Gasteiger partial charge >= 0.3 is 0 Å². The molecule has 1 aliphatic carbocycles. The highest BCUT2D eigenvalue weighted by Crippen LogP contribution is 2.37. The number of hydrogen-bond donors (Lipinski definition) is 0. The van der Waals surface area contributed by atoms with Crippen molar-refractivity contribution in [2.24, 2.45) is 5.92 Å². The minimum absolute atomic E-state index is 0.671. The maximum Gasteiger partial charge on any atom is 0.0721 e. The van der Waals surface area contributed by atoms with E-state index in [2.05, 4.69) is 86.7 Å². The lowest BCUT2D eigenvalue weighted by molar-refractivity contribution is 0.148. The molecule has 1 fully saturated rings. The summed E-state index contributed by atoms with van der Waals surface area (Å²) < 4.78 is 5.69. The van der Waals surface area contributed by atoms with Gasteiger partial charge in [-0.3, -0.25) is 0 Å². The highest BCUT2D eigenvalue weighted by atomic mass is 16.5. The molecule has 2 aromatic carbocycles. The quantitative estimate of drug-likeness (QED) is 0.311. The zero-order valence-corrected chi connectivity index (χ0v) is 18.1. The van der Waals surface area contributed by atoms with E-state index in [1.165, 1.54) is 54.4 Å². The second kappa shape index (κ2) is 11.8. The number of hydrogen-bond acceptors (Lipinski definition) is 1. The topological polar surface area (TPSA) is 9.23 Å². The number of allylic oxidation sites excluding steroid dienone is 3. The van der Waals surface area contributed by atoms with Crippen molar-refractivity contribution in [2.45, 2.75) is 64.9 Å². The summed E-state index contributed by atoms with van der Waals surface area (Å²) in [4.78, 5) is 0. The molecule has 0 amide bonds. The van der Waals surface area contributed by atoms with Crippen LogP contribution < -0.4 is 0 Å². The van der Waals surface area contributed by atoms with Crippen LogP contribution in [0, 0.1) is 5.92 Å². The van der Waals surface area contributed by atoms with E-state index in [0.717, 1.165) is 18.3 Å². The molecule has 0 bridgehead atoms. The Morgan fingerprint density at radius 2 is 1.48 bits per heavy atom. The molecule has 0 saturated heterocycles. The Labute approximate surface area is 177 Å². The molecular formula is C28H36O. The smallest absolute Gasteiger partial charge is 0.0721 e. The van der Waals surface area contributed by atoms with Crippen LogP contribution in [0.2, 0.25) is 0 Å². The highest BCUT2D eigenvalue weighted by molar-refractivity contribution is 5.64. The molecule has 0 spiro atoms. The fraction of sp³-hybridized carbons (Fsp3) is 0.429. The van der Waals surface area contributed by atoms with Crippen molar-refractivity contribution < 1.29 is 4.74 Å². The van der Waals surface area contributed by atoms with E-state index in [-0.39, 0.29) is 0 Å². The molecule has 0 N–H and O–H groups in total. The van der Waals surface area contributed by atoms with Gasteiger partial charge in [-0.05, 0) is 79.5 Å². The molecule has 0 unspecified atom stereocenters. The van der Waals surface area contributed by atoms with Gasteiger partial charge in [0.25, 0.3) is 0 Å². The van der Waals surface area contributed by atoms with E-state index in [0.29, 0.717) is 13.2 Å². The lowest BCUT2D eigenvalue weighted by Crippen LogP contribution is -2.12. The molecule has 0 radical (unpaired) electrons. The zero-order chi connectivity index (χ0) is 20.3. The molecule has 0 atom stereocenters. The van der Waals surface area contributed by atoms with Crippen molar-refractivity contribution in [3.8, 4) is 11.1 Å². The van der Waals surface area contributed by atoms with Gasteiger partial charge in [-0.25, -0.2) is 0 Å². The van der Waals surface area contributed by atoms with E-state index >= 15 is 0 Å². The summed E-state index contributed by atoms with van der Waals surface area (Å²) in [6, 6.07) is 18.1. The number of benzene rings is 2. The molecule has 1 nitrogen and oxygen atoms in total. The lowest BCUT2D eigenvalue weighted by atomic mass is 9.77. The normalized spacial score (nSPS) is 19.9. The van der Waals surface area contributed by atoms with Crippen molar-refractivity contribution in [1.29, 1.82) is 0 Å². The first kappa shape index (κ1) is 21.6. The van der Waals surface area contributed by atoms with Crippen LogP contribution in [-0.2, 0) is 11.3 Å². The van der Waals surface area contributed by atoms with Crippen LogP contribution in [0.25, 0.3) is 11.1 Å². The Morgan fingerprint density at radius 3 is 2.10 bits per heavy atom. The monoisotopic (exact) mass is 388 g/mol. The van der Waals surface area contributed by atoms with Crippen LogP contribution in [0.1, 0.15) is 69.4 Å². The molecule has 154 valence electrons. The lowest BCUT2D eigenvalue weighted by Gasteiger charge is -2.28. The van der Waals surface area contributed by atoms with E-state index in [1.54, 1.807) is 0 Å². The molecule has 29 heavy (non-hydrogen) atoms. The fourth-order valence-corrected chi connectivity index (χ4v) is 4.28. The molecule has 1 aliphatic rings. The second-order valence-electron chi connectivity index (χ2n) is 8.24. The summed E-state index contributed by atoms with van der Waals surface area (Å²) in [5.41, 5.74) is 5.32. The molecule has 1 saturated carbocycles. The minimum Gasteiger partial charge on any atom is -0.373 e. The zero-order valence-electron chi connectivity index (χ0n) is 18.1. The summed E-state index contributed by atoms with van der Waals surface area (Å²) in [5, 5.41) is 0. The molecule has 2 aromatic rings. The fourth-order valence-electron chi connectivity index (χ4n) is 4.28. The van der Waals surface area contributed by atoms with Gasteiger partial charge in [0.05, 0.1) is 13.2 Å². The van der Waals surface area contributed by atoms with Crippen molar-refractivity contribution in [3.05, 3.63) is 84.0 Å². The van der Waals surface area contributed by atoms with Gasteiger partial charge in [-0.15, -0.1) is 0 Å². The van der Waals surface area contributed by atoms with Gasteiger partial charge in [0, 0.05) is 0 Å². The van der Waals surface area contributed by atoms with Crippen molar-refractivity contribution in [2.75, 3.05) is 6.61 Å². The predicted molar refractivity (Wildman–Crippen MR) is 125 cm³/mol.